The van der Waals surface area contributed by atoms with Gasteiger partial charge < -0.3 is 10.5 Å². The molecule has 0 saturated carbocycles. The van der Waals surface area contributed by atoms with Crippen LogP contribution in [0.15, 0.2) is 23.1 Å². The lowest BCUT2D eigenvalue weighted by molar-refractivity contribution is -0.122. The molecule has 1 fully saturated rings. The van der Waals surface area contributed by atoms with E-state index in [0.29, 0.717) is 12.8 Å². The van der Waals surface area contributed by atoms with E-state index in [0.717, 1.165) is 12.1 Å². The predicted octanol–water partition coefficient (Wildman–Crippen LogP) is 0.720. The summed E-state index contributed by atoms with van der Waals surface area (Å²) >= 11 is 0. The Morgan fingerprint density at radius 1 is 1.38 bits per heavy atom. The van der Waals surface area contributed by atoms with Gasteiger partial charge in [0.1, 0.15) is 0 Å². The van der Waals surface area contributed by atoms with E-state index >= 15 is 0 Å². The Morgan fingerprint density at radius 3 is 2.52 bits per heavy atom. The molecule has 0 radical (unpaired) electrons. The second kappa shape index (κ2) is 5.98. The topological polar surface area (TPSA) is 89.7 Å². The Hall–Kier alpha value is -1.67. The smallest absolute Gasteiger partial charge is 0.243 e. The summed E-state index contributed by atoms with van der Waals surface area (Å²) in [5.41, 5.74) is 5.22. The van der Waals surface area contributed by atoms with Crippen molar-refractivity contribution in [2.45, 2.75) is 17.7 Å². The molecule has 1 aliphatic heterocycles. The molecule has 1 heterocycles. The number of ether oxygens (including phenoxy) is 1. The van der Waals surface area contributed by atoms with Crippen molar-refractivity contribution < 1.29 is 22.3 Å². The number of carbonyl (C=O) groups is 1. The first-order valence-electron chi connectivity index (χ1n) is 6.49. The van der Waals surface area contributed by atoms with Gasteiger partial charge in [-0.05, 0) is 25.0 Å². The third-order valence-corrected chi connectivity index (χ3v) is 5.51. The number of carbonyl (C=O) groups excluding carboxylic acids is 1. The number of rotatable bonds is 4. The van der Waals surface area contributed by atoms with Crippen LogP contribution in [0.5, 0.6) is 5.75 Å². The summed E-state index contributed by atoms with van der Waals surface area (Å²) in [6.45, 7) is 0.436. The van der Waals surface area contributed by atoms with Gasteiger partial charge in [-0.2, -0.15) is 4.31 Å². The fourth-order valence-electron chi connectivity index (χ4n) is 2.33. The van der Waals surface area contributed by atoms with Crippen LogP contribution in [-0.4, -0.2) is 38.8 Å². The van der Waals surface area contributed by atoms with Crippen molar-refractivity contribution in [1.82, 2.24) is 4.31 Å². The van der Waals surface area contributed by atoms with Gasteiger partial charge in [0.2, 0.25) is 15.9 Å². The second-order valence-corrected chi connectivity index (χ2v) is 6.82. The van der Waals surface area contributed by atoms with Gasteiger partial charge in [0.15, 0.2) is 11.6 Å². The Bertz CT molecular complexity index is 640. The van der Waals surface area contributed by atoms with E-state index in [2.05, 4.69) is 0 Å². The molecule has 1 aromatic rings. The normalized spacial score (nSPS) is 17.6. The molecule has 116 valence electrons. The van der Waals surface area contributed by atoms with Crippen LogP contribution in [0.3, 0.4) is 0 Å². The molecule has 1 aromatic carbocycles. The number of benzene rings is 1. The summed E-state index contributed by atoms with van der Waals surface area (Å²) in [5.74, 6) is -1.44. The van der Waals surface area contributed by atoms with Crippen LogP contribution < -0.4 is 10.5 Å². The van der Waals surface area contributed by atoms with Gasteiger partial charge in [-0.3, -0.25) is 4.79 Å². The predicted molar refractivity (Wildman–Crippen MR) is 73.6 cm³/mol. The minimum absolute atomic E-state index is 0.0294. The maximum Gasteiger partial charge on any atom is 0.243 e. The molecule has 2 rings (SSSR count). The van der Waals surface area contributed by atoms with Crippen LogP contribution >= 0.6 is 0 Å². The van der Waals surface area contributed by atoms with Crippen LogP contribution in [0.1, 0.15) is 12.8 Å². The molecular formula is C13H17FN2O4S. The highest BCUT2D eigenvalue weighted by Gasteiger charge is 2.31. The molecule has 0 aliphatic carbocycles. The molecule has 6 nitrogen and oxygen atoms in total. The van der Waals surface area contributed by atoms with Gasteiger partial charge in [0.05, 0.1) is 12.0 Å². The molecule has 21 heavy (non-hydrogen) atoms. The number of nitrogens with two attached hydrogens (primary N) is 1. The van der Waals surface area contributed by atoms with E-state index < -0.39 is 21.7 Å². The second-order valence-electron chi connectivity index (χ2n) is 4.88. The summed E-state index contributed by atoms with van der Waals surface area (Å²) in [7, 11) is -2.45. The highest BCUT2D eigenvalue weighted by molar-refractivity contribution is 7.89. The van der Waals surface area contributed by atoms with Crippen LogP contribution in [0, 0.1) is 11.7 Å². The molecule has 2 N–H and O–H groups in total. The van der Waals surface area contributed by atoms with Crippen LogP contribution in [0.25, 0.3) is 0 Å². The average molecular weight is 316 g/mol. The van der Waals surface area contributed by atoms with Crippen LogP contribution in [0.2, 0.25) is 0 Å². The fraction of sp³-hybridized carbons (Fsp3) is 0.462. The van der Waals surface area contributed by atoms with E-state index in [1.54, 1.807) is 0 Å². The van der Waals surface area contributed by atoms with Gasteiger partial charge in [0, 0.05) is 25.1 Å². The van der Waals surface area contributed by atoms with Crippen molar-refractivity contribution in [2.75, 3.05) is 20.2 Å². The highest BCUT2D eigenvalue weighted by Crippen LogP contribution is 2.27. The highest BCUT2D eigenvalue weighted by atomic mass is 32.2. The van der Waals surface area contributed by atoms with E-state index in [1.807, 2.05) is 0 Å². The number of amides is 1. The standard InChI is InChI=1S/C13H17FN2O4S/c1-20-12-8-10(2-3-11(12)14)21(18,19)16-6-4-9(5-7-16)13(15)17/h2-3,8-9H,4-7H2,1H3,(H2,15,17). The third-order valence-electron chi connectivity index (χ3n) is 3.62. The third kappa shape index (κ3) is 3.16. The fourth-order valence-corrected chi connectivity index (χ4v) is 3.82. The lowest BCUT2D eigenvalue weighted by Crippen LogP contribution is -2.41. The lowest BCUT2D eigenvalue weighted by atomic mass is 9.98. The first-order valence-corrected chi connectivity index (χ1v) is 7.93. The number of hydrogen-bond acceptors (Lipinski definition) is 4. The first-order chi connectivity index (χ1) is 9.86. The van der Waals surface area contributed by atoms with Gasteiger partial charge in [-0.15, -0.1) is 0 Å². The van der Waals surface area contributed by atoms with E-state index in [-0.39, 0.29) is 29.7 Å². The van der Waals surface area contributed by atoms with Crippen LogP contribution in [-0.2, 0) is 14.8 Å². The minimum atomic E-state index is -3.73. The largest absolute Gasteiger partial charge is 0.494 e. The van der Waals surface area contributed by atoms with Gasteiger partial charge in [-0.1, -0.05) is 0 Å². The quantitative estimate of drug-likeness (QED) is 0.886. The number of piperidine rings is 1. The van der Waals surface area contributed by atoms with Crippen LogP contribution in [0.4, 0.5) is 4.39 Å². The van der Waals surface area contributed by atoms with Gasteiger partial charge in [0.25, 0.3) is 0 Å². The van der Waals surface area contributed by atoms with E-state index in [9.17, 15) is 17.6 Å². The lowest BCUT2D eigenvalue weighted by Gasteiger charge is -2.29. The van der Waals surface area contributed by atoms with Crippen molar-refractivity contribution in [3.8, 4) is 5.75 Å². The van der Waals surface area contributed by atoms with Gasteiger partial charge in [-0.25, -0.2) is 12.8 Å². The number of methoxy groups -OCH3 is 1. The SMILES string of the molecule is COc1cc(S(=O)(=O)N2CCC(C(N)=O)CC2)ccc1F. The molecule has 0 aromatic heterocycles. The summed E-state index contributed by atoms with van der Waals surface area (Å²) in [6.07, 6.45) is 0.791. The van der Waals surface area contributed by atoms with Crippen molar-refractivity contribution in [2.24, 2.45) is 11.7 Å². The molecule has 0 spiro atoms. The number of sulfonamides is 1. The zero-order chi connectivity index (χ0) is 15.6. The average Bonchev–Trinajstić information content (AvgIpc) is 2.47. The summed E-state index contributed by atoms with van der Waals surface area (Å²) in [4.78, 5) is 11.1. The monoisotopic (exact) mass is 316 g/mol. The maximum absolute atomic E-state index is 13.4. The number of nitrogens with zero attached hydrogens (tertiary/aromatic N) is 1. The number of primary amides is 1. The number of halogens is 1. The molecule has 1 amide bonds. The zero-order valence-corrected chi connectivity index (χ0v) is 12.4. The maximum atomic E-state index is 13.4. The molecule has 1 aliphatic rings. The summed E-state index contributed by atoms with van der Waals surface area (Å²) in [5, 5.41) is 0. The summed E-state index contributed by atoms with van der Waals surface area (Å²) in [6, 6.07) is 3.42. The van der Waals surface area contributed by atoms with Crippen molar-refractivity contribution in [1.29, 1.82) is 0 Å². The van der Waals surface area contributed by atoms with Crippen molar-refractivity contribution >= 4 is 15.9 Å². The minimum Gasteiger partial charge on any atom is -0.494 e. The number of hydrogen-bond donors (Lipinski definition) is 1. The molecule has 0 atom stereocenters. The Kier molecular flexibility index (Phi) is 4.48. The van der Waals surface area contributed by atoms with E-state index in [1.165, 1.54) is 17.5 Å². The first kappa shape index (κ1) is 15.7. The molecular weight excluding hydrogens is 299 g/mol. The molecule has 1 saturated heterocycles. The Balaban J connectivity index is 2.21. The Morgan fingerprint density at radius 2 is 2.00 bits per heavy atom. The van der Waals surface area contributed by atoms with Crippen molar-refractivity contribution in [3.63, 3.8) is 0 Å². The Labute approximate surface area is 122 Å². The molecule has 8 heteroatoms. The van der Waals surface area contributed by atoms with Crippen molar-refractivity contribution in [3.05, 3.63) is 24.0 Å². The molecule has 0 unspecified atom stereocenters. The summed E-state index contributed by atoms with van der Waals surface area (Å²) < 4.78 is 44.4. The van der Waals surface area contributed by atoms with E-state index in [4.69, 9.17) is 10.5 Å². The zero-order valence-electron chi connectivity index (χ0n) is 11.6. The molecule has 0 bridgehead atoms. The van der Waals surface area contributed by atoms with Gasteiger partial charge >= 0.3 is 0 Å².